The molecule has 50 heavy (non-hydrogen) atoms. The van der Waals surface area contributed by atoms with E-state index in [1.54, 1.807) is 0 Å². The van der Waals surface area contributed by atoms with E-state index in [4.69, 9.17) is 12.6 Å². The van der Waals surface area contributed by atoms with Gasteiger partial charge in [-0.05, 0) is 147 Å². The average molecular weight is 647 g/mol. The highest BCUT2D eigenvalue weighted by molar-refractivity contribution is 7.83. The third-order valence-corrected chi connectivity index (χ3v) is 12.5. The lowest BCUT2D eigenvalue weighted by Gasteiger charge is -2.30. The molecule has 13 rings (SSSR count). The Labute approximate surface area is 291 Å². The van der Waals surface area contributed by atoms with E-state index in [1.165, 1.54) is 135 Å². The van der Waals surface area contributed by atoms with Crippen molar-refractivity contribution in [2.24, 2.45) is 0 Å². The van der Waals surface area contributed by atoms with Gasteiger partial charge in [0.1, 0.15) is 0 Å². The topological polar surface area (TPSA) is 0 Å². The van der Waals surface area contributed by atoms with Gasteiger partial charge in [0, 0.05) is 0 Å². The van der Waals surface area contributed by atoms with E-state index in [-0.39, 0.29) is 0 Å². The second-order valence-electron chi connectivity index (χ2n) is 14.3. The molecule has 0 unspecified atom stereocenters. The smallest absolute Gasteiger partial charge is 0.0000369 e. The second-order valence-corrected chi connectivity index (χ2v) is 14.5. The van der Waals surface area contributed by atoms with Gasteiger partial charge in [-0.25, -0.2) is 0 Å². The summed E-state index contributed by atoms with van der Waals surface area (Å²) in [5.41, 5.74) is 3.95. The quantitative estimate of drug-likeness (QED) is 0.0946. The van der Waals surface area contributed by atoms with Crippen LogP contribution in [0.1, 0.15) is 17.5 Å². The zero-order valence-corrected chi connectivity index (χ0v) is 27.8. The zero-order chi connectivity index (χ0) is 32.4. The second kappa shape index (κ2) is 8.82. The summed E-state index contributed by atoms with van der Waals surface area (Å²) in [4.78, 5) is 0. The molecule has 228 valence electrons. The maximum Gasteiger partial charge on any atom is -0.0000369 e. The molecule has 0 bridgehead atoms. The van der Waals surface area contributed by atoms with Crippen LogP contribution in [0.3, 0.4) is 0 Å². The van der Waals surface area contributed by atoms with Crippen LogP contribution in [0.25, 0.3) is 130 Å². The molecule has 0 radical (unpaired) electrons. The van der Waals surface area contributed by atoms with Crippen LogP contribution in [0.5, 0.6) is 0 Å². The van der Waals surface area contributed by atoms with Crippen LogP contribution in [0.15, 0.2) is 133 Å². The highest BCUT2D eigenvalue weighted by Crippen LogP contribution is 2.60. The molecule has 0 atom stereocenters. The lowest BCUT2D eigenvalue weighted by molar-refractivity contribution is 1.40. The van der Waals surface area contributed by atoms with E-state index in [9.17, 15) is 0 Å². The van der Waals surface area contributed by atoms with E-state index >= 15 is 0 Å². The number of fused-ring (bicyclic) bond motifs is 18. The van der Waals surface area contributed by atoms with Gasteiger partial charge in [0.2, 0.25) is 0 Å². The number of allylic oxidation sites excluding steroid dienone is 2. The first-order chi connectivity index (χ1) is 24.8. The third kappa shape index (κ3) is 2.74. The predicted molar refractivity (Wildman–Crippen MR) is 223 cm³/mol. The van der Waals surface area contributed by atoms with Crippen LogP contribution in [0.4, 0.5) is 0 Å². The van der Waals surface area contributed by atoms with Crippen molar-refractivity contribution < 1.29 is 0 Å². The Balaban J connectivity index is 1.59. The van der Waals surface area contributed by atoms with Crippen molar-refractivity contribution >= 4 is 143 Å². The normalized spacial score (nSPS) is 14.8. The largest absolute Gasteiger partial charge is 0.151 e. The molecule has 0 aliphatic heterocycles. The summed E-state index contributed by atoms with van der Waals surface area (Å²) in [6.07, 6.45) is 5.62. The van der Waals surface area contributed by atoms with Crippen molar-refractivity contribution in [3.63, 3.8) is 0 Å². The zero-order valence-electron chi connectivity index (χ0n) is 26.9. The van der Waals surface area contributed by atoms with E-state index < -0.39 is 0 Å². The molecule has 0 fully saturated rings. The first kappa shape index (κ1) is 26.0. The molecule has 12 aromatic rings. The lowest BCUT2D eigenvalue weighted by atomic mass is 9.72. The number of benzene rings is 12. The molecular formula is C49H26S. The van der Waals surface area contributed by atoms with Crippen molar-refractivity contribution in [3.05, 3.63) is 144 Å². The fourth-order valence-corrected chi connectivity index (χ4v) is 10.8. The number of hydrogen-bond acceptors (Lipinski definition) is 1. The fourth-order valence-electron chi connectivity index (χ4n) is 10.6. The Hall–Kier alpha value is -5.89. The summed E-state index contributed by atoms with van der Waals surface area (Å²) >= 11 is 4.88. The molecular weight excluding hydrogens is 621 g/mol. The highest BCUT2D eigenvalue weighted by Gasteiger charge is 2.32. The molecule has 0 N–H and O–H groups in total. The number of thiol groups is 1. The summed E-state index contributed by atoms with van der Waals surface area (Å²) in [7, 11) is 0. The van der Waals surface area contributed by atoms with Crippen LogP contribution in [0.2, 0.25) is 0 Å². The van der Waals surface area contributed by atoms with Crippen molar-refractivity contribution in [1.82, 2.24) is 0 Å². The molecule has 0 nitrogen and oxygen atoms in total. The van der Waals surface area contributed by atoms with E-state index in [1.807, 2.05) is 0 Å². The molecule has 0 heterocycles. The number of rotatable bonds is 0. The SMILES string of the molecule is SC=C1CC=Cc2c1c1c3ccccc3c3c4ccccc4c4c5ccccc5c5c6ccccc6c6c7ccccc7c2c2c1c3c4c5c62. The molecule has 1 aliphatic carbocycles. The summed E-state index contributed by atoms with van der Waals surface area (Å²) in [6, 6.07) is 45.9. The molecule has 1 aliphatic rings. The third-order valence-electron chi connectivity index (χ3n) is 12.2. The number of hydrogen-bond donors (Lipinski definition) is 1. The Morgan fingerprint density at radius 1 is 0.340 bits per heavy atom. The molecule has 1 heteroatoms. The molecule has 0 saturated heterocycles. The Kier molecular flexibility index (Phi) is 4.59. The average Bonchev–Trinajstić information content (AvgIpc) is 3.19. The van der Waals surface area contributed by atoms with Crippen LogP contribution >= 0.6 is 12.6 Å². The summed E-state index contributed by atoms with van der Waals surface area (Å²) in [6.45, 7) is 0. The van der Waals surface area contributed by atoms with Crippen molar-refractivity contribution in [2.45, 2.75) is 6.42 Å². The standard InChI is InChI=1S/C49H26S/c50-24-25-12-11-23-36-37(25)43-35-22-10-9-21-34(35)41-31-18-6-5-17-30(31)39-28-15-3-1-13-26(28)38-27-14-2-4-16-29(27)40-32-19-7-8-20-33(32)42(36)48-46(40)44(38)45(39)47(41)49(43)48/h1-11,13-24,50H,12H2. The van der Waals surface area contributed by atoms with E-state index in [0.29, 0.717) is 0 Å². The van der Waals surface area contributed by atoms with Crippen LogP contribution < -0.4 is 0 Å². The predicted octanol–water partition coefficient (Wildman–Crippen LogP) is 14.4. The monoisotopic (exact) mass is 646 g/mol. The minimum absolute atomic E-state index is 0.873. The molecule has 0 spiro atoms. The van der Waals surface area contributed by atoms with Gasteiger partial charge in [-0.3, -0.25) is 0 Å². The van der Waals surface area contributed by atoms with Gasteiger partial charge in [-0.2, -0.15) is 12.6 Å². The van der Waals surface area contributed by atoms with Gasteiger partial charge in [0.15, 0.2) is 0 Å². The van der Waals surface area contributed by atoms with Gasteiger partial charge >= 0.3 is 0 Å². The van der Waals surface area contributed by atoms with Crippen LogP contribution in [0, 0.1) is 0 Å². The van der Waals surface area contributed by atoms with E-state index in [2.05, 4.69) is 139 Å². The maximum absolute atomic E-state index is 4.88. The first-order valence-corrected chi connectivity index (χ1v) is 18.1. The highest BCUT2D eigenvalue weighted by atomic mass is 32.1. The van der Waals surface area contributed by atoms with Gasteiger partial charge in [-0.1, -0.05) is 133 Å². The van der Waals surface area contributed by atoms with Crippen LogP contribution in [-0.2, 0) is 0 Å². The minimum atomic E-state index is 0.873. The molecule has 0 amide bonds. The van der Waals surface area contributed by atoms with E-state index in [0.717, 1.165) is 6.42 Å². The Morgan fingerprint density at radius 2 is 0.620 bits per heavy atom. The van der Waals surface area contributed by atoms with Crippen molar-refractivity contribution in [1.29, 1.82) is 0 Å². The fraction of sp³-hybridized carbons (Fsp3) is 0.0204. The van der Waals surface area contributed by atoms with Gasteiger partial charge in [-0.15, -0.1) is 0 Å². The van der Waals surface area contributed by atoms with Gasteiger partial charge in [0.25, 0.3) is 0 Å². The first-order valence-electron chi connectivity index (χ1n) is 17.6. The minimum Gasteiger partial charge on any atom is -0.151 e. The Morgan fingerprint density at radius 3 is 0.960 bits per heavy atom. The van der Waals surface area contributed by atoms with Crippen molar-refractivity contribution in [2.75, 3.05) is 0 Å². The van der Waals surface area contributed by atoms with Crippen LogP contribution in [-0.4, -0.2) is 0 Å². The molecule has 0 saturated carbocycles. The van der Waals surface area contributed by atoms with Gasteiger partial charge < -0.3 is 0 Å². The molecule has 0 aromatic heterocycles. The summed E-state index contributed by atoms with van der Waals surface area (Å²) in [5.74, 6) is 0. The maximum atomic E-state index is 4.88. The summed E-state index contributed by atoms with van der Waals surface area (Å²) < 4.78 is 0. The van der Waals surface area contributed by atoms with Gasteiger partial charge in [0.05, 0.1) is 0 Å². The molecule has 12 aromatic carbocycles. The Bertz CT molecular complexity index is 3530. The van der Waals surface area contributed by atoms with Crippen molar-refractivity contribution in [3.8, 4) is 0 Å². The lowest BCUT2D eigenvalue weighted by Crippen LogP contribution is -2.03. The summed E-state index contributed by atoms with van der Waals surface area (Å²) in [5, 5.41) is 32.0.